The predicted molar refractivity (Wildman–Crippen MR) is 67.0 cm³/mol. The molecule has 0 radical (unpaired) electrons. The monoisotopic (exact) mass is 308 g/mol. The van der Waals surface area contributed by atoms with Crippen LogP contribution in [0, 0.1) is 0 Å². The van der Waals surface area contributed by atoms with E-state index < -0.39 is 53.5 Å². The van der Waals surface area contributed by atoms with Crippen molar-refractivity contribution in [1.82, 2.24) is 0 Å². The predicted octanol–water partition coefficient (Wildman–Crippen LogP) is -3.71. The van der Waals surface area contributed by atoms with Crippen molar-refractivity contribution >= 4 is 17.3 Å². The van der Waals surface area contributed by atoms with Crippen LogP contribution in [0.1, 0.15) is 20.8 Å². The highest BCUT2D eigenvalue weighted by Gasteiger charge is 2.51. The summed E-state index contributed by atoms with van der Waals surface area (Å²) in [6, 6.07) is 0. The number of aliphatic hydroxyl groups excluding tert-OH is 5. The average Bonchev–Trinajstić information content (AvgIpc) is 2.41. The molecule has 0 aromatic heterocycles. The molecule has 0 aromatic carbocycles. The Morgan fingerprint density at radius 1 is 0.762 bits per heavy atom. The van der Waals surface area contributed by atoms with Crippen LogP contribution in [0.5, 0.6) is 0 Å². The number of ketones is 3. The number of carbonyl (C=O) groups excluding carboxylic acids is 3. The summed E-state index contributed by atoms with van der Waals surface area (Å²) >= 11 is 0. The second-order valence-corrected chi connectivity index (χ2v) is 4.85. The Bertz CT molecular complexity index is 405. The Labute approximate surface area is 120 Å². The van der Waals surface area contributed by atoms with Gasteiger partial charge in [-0.25, -0.2) is 0 Å². The SMILES string of the molecule is CC(=O)C(O)[C@H](O)[C@@H](O)[C@H](O)[C@H](O)C(O)(C(C)=O)C(C)=O. The summed E-state index contributed by atoms with van der Waals surface area (Å²) in [7, 11) is 0. The third kappa shape index (κ3) is 3.90. The average molecular weight is 308 g/mol. The number of carbonyl (C=O) groups is 3. The Hall–Kier alpha value is -1.23. The summed E-state index contributed by atoms with van der Waals surface area (Å²) in [6.45, 7) is 2.47. The maximum atomic E-state index is 11.3. The van der Waals surface area contributed by atoms with Gasteiger partial charge in [-0.1, -0.05) is 0 Å². The molecule has 0 saturated carbocycles. The van der Waals surface area contributed by atoms with E-state index in [1.807, 2.05) is 0 Å². The van der Waals surface area contributed by atoms with Gasteiger partial charge in [-0.3, -0.25) is 14.4 Å². The van der Waals surface area contributed by atoms with Gasteiger partial charge in [-0.05, 0) is 20.8 Å². The molecule has 0 bridgehead atoms. The zero-order valence-electron chi connectivity index (χ0n) is 11.8. The minimum absolute atomic E-state index is 0.782. The van der Waals surface area contributed by atoms with E-state index in [9.17, 15) is 45.0 Å². The molecule has 5 atom stereocenters. The summed E-state index contributed by atoms with van der Waals surface area (Å²) in [5.74, 6) is -3.29. The third-order valence-corrected chi connectivity index (χ3v) is 3.26. The van der Waals surface area contributed by atoms with E-state index in [4.69, 9.17) is 0 Å². The Balaban J connectivity index is 5.32. The summed E-state index contributed by atoms with van der Waals surface area (Å²) in [6.07, 6.45) is -11.4. The second-order valence-electron chi connectivity index (χ2n) is 4.85. The Morgan fingerprint density at radius 3 is 1.43 bits per heavy atom. The van der Waals surface area contributed by atoms with Crippen molar-refractivity contribution in [3.8, 4) is 0 Å². The van der Waals surface area contributed by atoms with E-state index in [0.717, 1.165) is 20.8 Å². The topological polar surface area (TPSA) is 173 Å². The molecule has 0 aromatic rings. The van der Waals surface area contributed by atoms with Crippen molar-refractivity contribution in [1.29, 1.82) is 0 Å². The highest BCUT2D eigenvalue weighted by atomic mass is 16.4. The lowest BCUT2D eigenvalue weighted by atomic mass is 9.82. The number of rotatable bonds is 8. The molecule has 0 aliphatic carbocycles. The molecule has 0 rings (SSSR count). The van der Waals surface area contributed by atoms with Gasteiger partial charge < -0.3 is 30.6 Å². The summed E-state index contributed by atoms with van der Waals surface area (Å²) in [4.78, 5) is 33.5. The van der Waals surface area contributed by atoms with E-state index in [1.54, 1.807) is 0 Å². The highest BCUT2D eigenvalue weighted by Crippen LogP contribution is 2.21. The third-order valence-electron chi connectivity index (χ3n) is 3.26. The van der Waals surface area contributed by atoms with Gasteiger partial charge in [-0.2, -0.15) is 0 Å². The van der Waals surface area contributed by atoms with Crippen LogP contribution in [0.2, 0.25) is 0 Å². The molecule has 0 aliphatic rings. The van der Waals surface area contributed by atoms with Gasteiger partial charge in [0.1, 0.15) is 30.5 Å². The first kappa shape index (κ1) is 19.8. The highest BCUT2D eigenvalue weighted by molar-refractivity contribution is 6.09. The maximum Gasteiger partial charge on any atom is 0.209 e. The van der Waals surface area contributed by atoms with Crippen LogP contribution in [-0.2, 0) is 14.4 Å². The van der Waals surface area contributed by atoms with Crippen LogP contribution in [-0.4, -0.2) is 84.1 Å². The van der Waals surface area contributed by atoms with Gasteiger partial charge in [0.25, 0.3) is 0 Å². The summed E-state index contributed by atoms with van der Waals surface area (Å²) in [5.41, 5.74) is -2.98. The zero-order valence-corrected chi connectivity index (χ0v) is 11.8. The standard InChI is InChI=1S/C12H20O9/c1-4(13)7(16)8(17)9(18)10(19)11(20)12(21,5(2)14)6(3)15/h7-11,16-21H,1-3H3/t7?,8-,9+,10-,11-/m0/s1. The molecule has 0 heterocycles. The fourth-order valence-corrected chi connectivity index (χ4v) is 1.73. The lowest BCUT2D eigenvalue weighted by molar-refractivity contribution is -0.189. The first-order chi connectivity index (χ1) is 9.38. The van der Waals surface area contributed by atoms with Crippen LogP contribution in [0.4, 0.5) is 0 Å². The molecular formula is C12H20O9. The molecular weight excluding hydrogens is 288 g/mol. The van der Waals surface area contributed by atoms with Gasteiger partial charge in [-0.15, -0.1) is 0 Å². The normalized spacial score (nSPS) is 19.3. The molecule has 0 spiro atoms. The molecule has 21 heavy (non-hydrogen) atoms. The molecule has 0 amide bonds. The minimum Gasteiger partial charge on any atom is -0.387 e. The quantitative estimate of drug-likeness (QED) is 0.247. The Kier molecular flexibility index (Phi) is 6.74. The van der Waals surface area contributed by atoms with Crippen molar-refractivity contribution in [3.63, 3.8) is 0 Å². The van der Waals surface area contributed by atoms with Gasteiger partial charge in [0.15, 0.2) is 17.3 Å². The second kappa shape index (κ2) is 7.16. The van der Waals surface area contributed by atoms with Crippen LogP contribution >= 0.6 is 0 Å². The summed E-state index contributed by atoms with van der Waals surface area (Å²) < 4.78 is 0. The van der Waals surface area contributed by atoms with Crippen LogP contribution in [0.15, 0.2) is 0 Å². The molecule has 6 N–H and O–H groups in total. The van der Waals surface area contributed by atoms with E-state index in [-0.39, 0.29) is 0 Å². The van der Waals surface area contributed by atoms with Crippen molar-refractivity contribution in [3.05, 3.63) is 0 Å². The summed E-state index contributed by atoms with van der Waals surface area (Å²) in [5, 5.41) is 57.6. The fraction of sp³-hybridized carbons (Fsp3) is 0.750. The zero-order chi connectivity index (χ0) is 17.1. The van der Waals surface area contributed by atoms with Gasteiger partial charge in [0.2, 0.25) is 5.60 Å². The fourth-order valence-electron chi connectivity index (χ4n) is 1.73. The molecule has 122 valence electrons. The molecule has 1 unspecified atom stereocenters. The van der Waals surface area contributed by atoms with Gasteiger partial charge >= 0.3 is 0 Å². The van der Waals surface area contributed by atoms with E-state index in [1.165, 1.54) is 0 Å². The lowest BCUT2D eigenvalue weighted by Gasteiger charge is -2.35. The van der Waals surface area contributed by atoms with Gasteiger partial charge in [0.05, 0.1) is 0 Å². The molecule has 0 aliphatic heterocycles. The van der Waals surface area contributed by atoms with Crippen molar-refractivity contribution in [2.75, 3.05) is 0 Å². The minimum atomic E-state index is -2.98. The van der Waals surface area contributed by atoms with Crippen molar-refractivity contribution in [2.24, 2.45) is 0 Å². The molecule has 0 fully saturated rings. The largest absolute Gasteiger partial charge is 0.387 e. The molecule has 9 heteroatoms. The van der Waals surface area contributed by atoms with E-state index >= 15 is 0 Å². The Morgan fingerprint density at radius 2 is 1.14 bits per heavy atom. The van der Waals surface area contributed by atoms with Crippen molar-refractivity contribution in [2.45, 2.75) is 56.9 Å². The number of hydrogen-bond acceptors (Lipinski definition) is 9. The smallest absolute Gasteiger partial charge is 0.209 e. The number of hydrogen-bond donors (Lipinski definition) is 6. The lowest BCUT2D eigenvalue weighted by Crippen LogP contribution is -2.63. The van der Waals surface area contributed by atoms with E-state index in [2.05, 4.69) is 0 Å². The van der Waals surface area contributed by atoms with Gasteiger partial charge in [0, 0.05) is 0 Å². The first-order valence-electron chi connectivity index (χ1n) is 6.04. The molecule has 0 saturated heterocycles. The van der Waals surface area contributed by atoms with Crippen molar-refractivity contribution < 1.29 is 45.0 Å². The maximum absolute atomic E-state index is 11.3. The van der Waals surface area contributed by atoms with E-state index in [0.29, 0.717) is 0 Å². The molecule has 9 nitrogen and oxygen atoms in total. The van der Waals surface area contributed by atoms with Crippen LogP contribution in [0.3, 0.4) is 0 Å². The van der Waals surface area contributed by atoms with Crippen LogP contribution < -0.4 is 0 Å². The van der Waals surface area contributed by atoms with Crippen LogP contribution in [0.25, 0.3) is 0 Å². The number of Topliss-reactive ketones (excluding diaryl/α,β-unsaturated/α-hetero) is 3. The first-order valence-corrected chi connectivity index (χ1v) is 6.04. The number of aliphatic hydroxyl groups is 6.